The fraction of sp³-hybridized carbons (Fsp3) is 0.538. The number of hydrogen-bond donors (Lipinski definition) is 5. The number of hydrogen-bond acceptors (Lipinski definition) is 7. The summed E-state index contributed by atoms with van der Waals surface area (Å²) in [7, 11) is 1.41. The van der Waals surface area contributed by atoms with Crippen molar-refractivity contribution in [3.8, 4) is 11.5 Å². The number of aliphatic hydroxyl groups is 4. The second kappa shape index (κ2) is 5.94. The molecule has 7 nitrogen and oxygen atoms in total. The lowest BCUT2D eigenvalue weighted by atomic mass is 9.91. The predicted molar refractivity (Wildman–Crippen MR) is 67.4 cm³/mol. The van der Waals surface area contributed by atoms with Gasteiger partial charge >= 0.3 is 0 Å². The van der Waals surface area contributed by atoms with E-state index in [1.807, 2.05) is 0 Å². The fourth-order valence-electron chi connectivity index (χ4n) is 2.26. The minimum Gasteiger partial charge on any atom is -0.504 e. The first kappa shape index (κ1) is 15.0. The minimum absolute atomic E-state index is 0.137. The summed E-state index contributed by atoms with van der Waals surface area (Å²) in [5.41, 5.74) is 0.403. The van der Waals surface area contributed by atoms with Crippen LogP contribution in [0.4, 0.5) is 0 Å². The van der Waals surface area contributed by atoms with Gasteiger partial charge in [0.25, 0.3) is 0 Å². The topological polar surface area (TPSA) is 120 Å². The van der Waals surface area contributed by atoms with Crippen molar-refractivity contribution in [3.63, 3.8) is 0 Å². The van der Waals surface area contributed by atoms with Gasteiger partial charge in [0.2, 0.25) is 0 Å². The van der Waals surface area contributed by atoms with E-state index in [0.29, 0.717) is 5.56 Å². The van der Waals surface area contributed by atoms with Crippen LogP contribution >= 0.6 is 0 Å². The molecule has 1 heterocycles. The third-order valence-corrected chi connectivity index (χ3v) is 3.42. The Bertz CT molecular complexity index is 462. The zero-order valence-corrected chi connectivity index (χ0v) is 10.9. The van der Waals surface area contributed by atoms with Gasteiger partial charge in [-0.1, -0.05) is 6.07 Å². The highest BCUT2D eigenvalue weighted by Gasteiger charge is 2.44. The lowest BCUT2D eigenvalue weighted by molar-refractivity contribution is -0.231. The summed E-state index contributed by atoms with van der Waals surface area (Å²) < 4.78 is 10.3. The van der Waals surface area contributed by atoms with Crippen molar-refractivity contribution in [1.82, 2.24) is 0 Å². The molecule has 5 N–H and O–H groups in total. The molecule has 1 aliphatic heterocycles. The number of rotatable bonds is 3. The second-order valence-corrected chi connectivity index (χ2v) is 4.68. The first-order chi connectivity index (χ1) is 9.49. The Kier molecular flexibility index (Phi) is 4.46. The molecule has 1 aliphatic rings. The molecule has 2 rings (SSSR count). The van der Waals surface area contributed by atoms with E-state index in [1.54, 1.807) is 6.07 Å². The van der Waals surface area contributed by atoms with Gasteiger partial charge in [0, 0.05) is 0 Å². The van der Waals surface area contributed by atoms with E-state index in [2.05, 4.69) is 0 Å². The van der Waals surface area contributed by atoms with Crippen LogP contribution in [0.25, 0.3) is 0 Å². The van der Waals surface area contributed by atoms with Crippen LogP contribution in [0.2, 0.25) is 0 Å². The maximum Gasteiger partial charge on any atom is 0.160 e. The quantitative estimate of drug-likeness (QED) is 0.479. The summed E-state index contributed by atoms with van der Waals surface area (Å²) in [5, 5.41) is 48.2. The minimum atomic E-state index is -1.45. The van der Waals surface area contributed by atoms with Crippen LogP contribution in [-0.4, -0.2) is 63.7 Å². The molecule has 112 valence electrons. The number of ether oxygens (including phenoxy) is 2. The molecule has 0 bridgehead atoms. The van der Waals surface area contributed by atoms with E-state index in [9.17, 15) is 20.4 Å². The van der Waals surface area contributed by atoms with Crippen molar-refractivity contribution < 1.29 is 35.0 Å². The Morgan fingerprint density at radius 1 is 1.15 bits per heavy atom. The van der Waals surface area contributed by atoms with Crippen molar-refractivity contribution in [3.05, 3.63) is 23.8 Å². The van der Waals surface area contributed by atoms with E-state index in [0.717, 1.165) is 0 Å². The summed E-state index contributed by atoms with van der Waals surface area (Å²) in [4.78, 5) is 0. The van der Waals surface area contributed by atoms with Crippen molar-refractivity contribution in [2.24, 2.45) is 0 Å². The lowest BCUT2D eigenvalue weighted by Crippen LogP contribution is -2.55. The standard InChI is InChI=1S/C13H18O7/c1-19-8-3-2-6(4-7(8)15)13-12(18)11(17)10(16)9(5-14)20-13/h2-4,9-18H,5H2,1H3/t9-,10-,11+,12+,13-/m1/s1. The van der Waals surface area contributed by atoms with E-state index >= 15 is 0 Å². The predicted octanol–water partition coefficient (Wildman–Crippen LogP) is -1.08. The Hall–Kier alpha value is -1.38. The van der Waals surface area contributed by atoms with Gasteiger partial charge in [0.15, 0.2) is 11.5 Å². The van der Waals surface area contributed by atoms with Crippen molar-refractivity contribution >= 4 is 0 Å². The molecule has 1 fully saturated rings. The highest BCUT2D eigenvalue weighted by molar-refractivity contribution is 5.42. The number of phenolic OH excluding ortho intramolecular Hbond substituents is 1. The van der Waals surface area contributed by atoms with E-state index in [-0.39, 0.29) is 11.5 Å². The molecule has 0 unspecified atom stereocenters. The van der Waals surface area contributed by atoms with Crippen LogP contribution in [0.3, 0.4) is 0 Å². The van der Waals surface area contributed by atoms with Crippen LogP contribution in [0.15, 0.2) is 18.2 Å². The summed E-state index contributed by atoms with van der Waals surface area (Å²) in [6.45, 7) is -0.496. The molecule has 0 spiro atoms. The largest absolute Gasteiger partial charge is 0.504 e. The molecule has 0 aromatic heterocycles. The Morgan fingerprint density at radius 2 is 1.85 bits per heavy atom. The van der Waals surface area contributed by atoms with E-state index in [1.165, 1.54) is 19.2 Å². The first-order valence-electron chi connectivity index (χ1n) is 6.17. The lowest BCUT2D eigenvalue weighted by Gasteiger charge is -2.40. The molecule has 0 aliphatic carbocycles. The molecular weight excluding hydrogens is 268 g/mol. The van der Waals surface area contributed by atoms with Gasteiger partial charge < -0.3 is 35.0 Å². The number of aliphatic hydroxyl groups excluding tert-OH is 4. The van der Waals surface area contributed by atoms with Crippen LogP contribution in [0.1, 0.15) is 11.7 Å². The monoisotopic (exact) mass is 286 g/mol. The molecule has 1 saturated heterocycles. The number of aromatic hydroxyl groups is 1. The average Bonchev–Trinajstić information content (AvgIpc) is 2.45. The smallest absolute Gasteiger partial charge is 0.160 e. The van der Waals surface area contributed by atoms with Crippen molar-refractivity contribution in [1.29, 1.82) is 0 Å². The zero-order valence-electron chi connectivity index (χ0n) is 10.9. The summed E-state index contributed by atoms with van der Waals surface area (Å²) >= 11 is 0. The Balaban J connectivity index is 2.28. The third kappa shape index (κ3) is 2.58. The molecule has 0 saturated carbocycles. The highest BCUT2D eigenvalue weighted by Crippen LogP contribution is 2.36. The molecule has 1 aromatic carbocycles. The van der Waals surface area contributed by atoms with Crippen LogP contribution in [0, 0.1) is 0 Å². The number of benzene rings is 1. The highest BCUT2D eigenvalue weighted by atomic mass is 16.5. The van der Waals surface area contributed by atoms with E-state index in [4.69, 9.17) is 14.6 Å². The SMILES string of the molecule is COc1ccc([C@H]2O[C@H](CO)[C@@H](O)[C@H](O)[C@@H]2O)cc1O. The van der Waals surface area contributed by atoms with Gasteiger partial charge in [-0.25, -0.2) is 0 Å². The van der Waals surface area contributed by atoms with Crippen molar-refractivity contribution in [2.75, 3.05) is 13.7 Å². The number of phenols is 1. The van der Waals surface area contributed by atoms with Gasteiger partial charge in [0.1, 0.15) is 30.5 Å². The summed E-state index contributed by atoms with van der Waals surface area (Å²) in [5.74, 6) is 0.125. The maximum absolute atomic E-state index is 9.96. The zero-order chi connectivity index (χ0) is 14.9. The number of methoxy groups -OCH3 is 1. The molecular formula is C13H18O7. The van der Waals surface area contributed by atoms with Gasteiger partial charge in [-0.15, -0.1) is 0 Å². The molecule has 5 atom stereocenters. The van der Waals surface area contributed by atoms with Crippen LogP contribution < -0.4 is 4.74 Å². The molecule has 0 amide bonds. The van der Waals surface area contributed by atoms with Crippen molar-refractivity contribution in [2.45, 2.75) is 30.5 Å². The summed E-state index contributed by atoms with van der Waals surface area (Å²) in [6, 6.07) is 4.39. The first-order valence-corrected chi connectivity index (χ1v) is 6.17. The summed E-state index contributed by atoms with van der Waals surface area (Å²) in [6.07, 6.45) is -6.18. The molecule has 1 aromatic rings. The van der Waals surface area contributed by atoms with Crippen LogP contribution in [-0.2, 0) is 4.74 Å². The van der Waals surface area contributed by atoms with E-state index < -0.39 is 37.1 Å². The van der Waals surface area contributed by atoms with Gasteiger partial charge in [-0.3, -0.25) is 0 Å². The molecule has 20 heavy (non-hydrogen) atoms. The Morgan fingerprint density at radius 3 is 2.40 bits per heavy atom. The van der Waals surface area contributed by atoms with Gasteiger partial charge in [-0.2, -0.15) is 0 Å². The molecule has 0 radical (unpaired) electrons. The van der Waals surface area contributed by atoms with Crippen LogP contribution in [0.5, 0.6) is 11.5 Å². The average molecular weight is 286 g/mol. The van der Waals surface area contributed by atoms with Gasteiger partial charge in [0.05, 0.1) is 13.7 Å². The Labute approximate surface area is 115 Å². The van der Waals surface area contributed by atoms with Gasteiger partial charge in [-0.05, 0) is 17.7 Å². The third-order valence-electron chi connectivity index (χ3n) is 3.42. The normalized spacial score (nSPS) is 34.0. The second-order valence-electron chi connectivity index (χ2n) is 4.68. The fourth-order valence-corrected chi connectivity index (χ4v) is 2.26. The molecule has 7 heteroatoms. The maximum atomic E-state index is 9.96.